The van der Waals surface area contributed by atoms with E-state index in [1.54, 1.807) is 0 Å². The lowest BCUT2D eigenvalue weighted by Gasteiger charge is -2.36. The molecule has 0 bridgehead atoms. The van der Waals surface area contributed by atoms with E-state index in [1.165, 1.54) is 45.2 Å². The third-order valence-corrected chi connectivity index (χ3v) is 3.61. The Morgan fingerprint density at radius 1 is 1.07 bits per heavy atom. The van der Waals surface area contributed by atoms with Gasteiger partial charge in [-0.2, -0.15) is 0 Å². The van der Waals surface area contributed by atoms with Crippen LogP contribution in [0, 0.1) is 0 Å². The molecule has 2 rings (SSSR count). The average Bonchev–Trinajstić information content (AvgIpc) is 2.30. The molecule has 0 aromatic rings. The van der Waals surface area contributed by atoms with Gasteiger partial charge in [-0.3, -0.25) is 0 Å². The monoisotopic (exact) mass is 193 g/mol. The molecule has 1 heterocycles. The Hall–Kier alpha value is -0.590. The Morgan fingerprint density at radius 3 is 2.29 bits per heavy atom. The summed E-state index contributed by atoms with van der Waals surface area (Å²) >= 11 is 0. The first kappa shape index (κ1) is 9.95. The molecular formula is C12H19NO. The summed E-state index contributed by atoms with van der Waals surface area (Å²) in [6.07, 6.45) is 8.49. The van der Waals surface area contributed by atoms with Gasteiger partial charge in [0.2, 0.25) is 0 Å². The standard InChI is InChI=1S/C12H19NO/c14-10-11-4-6-12(7-5-11)13-8-2-1-3-9-13/h12H,1-9H2. The van der Waals surface area contributed by atoms with Crippen LogP contribution in [-0.2, 0) is 4.79 Å². The summed E-state index contributed by atoms with van der Waals surface area (Å²) in [5.41, 5.74) is 1.01. The van der Waals surface area contributed by atoms with Gasteiger partial charge in [0, 0.05) is 11.6 Å². The van der Waals surface area contributed by atoms with Crippen LogP contribution in [-0.4, -0.2) is 30.0 Å². The topological polar surface area (TPSA) is 20.3 Å². The molecule has 1 saturated heterocycles. The van der Waals surface area contributed by atoms with E-state index < -0.39 is 0 Å². The summed E-state index contributed by atoms with van der Waals surface area (Å²) in [7, 11) is 0. The van der Waals surface area contributed by atoms with Crippen molar-refractivity contribution in [2.24, 2.45) is 0 Å². The van der Waals surface area contributed by atoms with E-state index >= 15 is 0 Å². The van der Waals surface area contributed by atoms with Crippen molar-refractivity contribution in [2.45, 2.75) is 51.0 Å². The van der Waals surface area contributed by atoms with Crippen LogP contribution in [0.5, 0.6) is 0 Å². The minimum absolute atomic E-state index is 0.757. The number of allylic oxidation sites excluding steroid dienone is 1. The summed E-state index contributed by atoms with van der Waals surface area (Å²) in [6.45, 7) is 2.57. The van der Waals surface area contributed by atoms with Crippen molar-refractivity contribution in [3.63, 3.8) is 0 Å². The number of nitrogens with zero attached hydrogens (tertiary/aromatic N) is 1. The molecule has 2 heteroatoms. The summed E-state index contributed by atoms with van der Waals surface area (Å²) in [5, 5.41) is 0. The first-order chi connectivity index (χ1) is 6.90. The number of hydrogen-bond donors (Lipinski definition) is 0. The number of likely N-dealkylation sites (tertiary alicyclic amines) is 1. The van der Waals surface area contributed by atoms with E-state index in [4.69, 9.17) is 0 Å². The second-order valence-electron chi connectivity index (χ2n) is 4.53. The van der Waals surface area contributed by atoms with Crippen LogP contribution in [0.3, 0.4) is 0 Å². The lowest BCUT2D eigenvalue weighted by atomic mass is 9.90. The summed E-state index contributed by atoms with van der Waals surface area (Å²) < 4.78 is 0. The molecule has 1 aliphatic heterocycles. The second kappa shape index (κ2) is 4.77. The fourth-order valence-corrected chi connectivity index (χ4v) is 2.70. The van der Waals surface area contributed by atoms with Gasteiger partial charge in [-0.15, -0.1) is 0 Å². The Kier molecular flexibility index (Phi) is 3.39. The molecule has 0 aromatic heterocycles. The van der Waals surface area contributed by atoms with Crippen molar-refractivity contribution in [1.82, 2.24) is 4.90 Å². The fraction of sp³-hybridized carbons (Fsp3) is 0.833. The van der Waals surface area contributed by atoms with E-state index in [0.29, 0.717) is 0 Å². The van der Waals surface area contributed by atoms with Gasteiger partial charge in [-0.25, -0.2) is 4.79 Å². The van der Waals surface area contributed by atoms with Crippen LogP contribution in [0.1, 0.15) is 44.9 Å². The SMILES string of the molecule is O=C=C1CCC(N2CCCCC2)CC1. The molecular weight excluding hydrogens is 174 g/mol. The smallest absolute Gasteiger partial charge is 0.123 e. The van der Waals surface area contributed by atoms with Crippen molar-refractivity contribution >= 4 is 5.94 Å². The molecule has 0 unspecified atom stereocenters. The molecule has 0 atom stereocenters. The number of hydrogen-bond acceptors (Lipinski definition) is 2. The maximum absolute atomic E-state index is 10.5. The van der Waals surface area contributed by atoms with E-state index in [1.807, 2.05) is 0 Å². The van der Waals surface area contributed by atoms with Crippen LogP contribution in [0.15, 0.2) is 5.57 Å². The molecule has 0 spiro atoms. The zero-order valence-corrected chi connectivity index (χ0v) is 8.80. The number of rotatable bonds is 1. The molecule has 2 nitrogen and oxygen atoms in total. The highest BCUT2D eigenvalue weighted by atomic mass is 16.1. The molecule has 0 aromatic carbocycles. The van der Waals surface area contributed by atoms with E-state index in [2.05, 4.69) is 10.8 Å². The maximum atomic E-state index is 10.5. The first-order valence-corrected chi connectivity index (χ1v) is 5.87. The van der Waals surface area contributed by atoms with Gasteiger partial charge in [0.15, 0.2) is 0 Å². The number of carbonyl (C=O) groups excluding carboxylic acids is 1. The molecule has 2 fully saturated rings. The minimum Gasteiger partial charge on any atom is -0.300 e. The van der Waals surface area contributed by atoms with Gasteiger partial charge in [0.05, 0.1) is 0 Å². The Balaban J connectivity index is 1.84. The molecule has 0 N–H and O–H groups in total. The second-order valence-corrected chi connectivity index (χ2v) is 4.53. The highest BCUT2D eigenvalue weighted by Gasteiger charge is 2.24. The van der Waals surface area contributed by atoms with Crippen molar-refractivity contribution in [3.05, 3.63) is 5.57 Å². The van der Waals surface area contributed by atoms with Crippen molar-refractivity contribution < 1.29 is 4.79 Å². The molecule has 0 radical (unpaired) electrons. The van der Waals surface area contributed by atoms with E-state index in [0.717, 1.165) is 24.5 Å². The lowest BCUT2D eigenvalue weighted by Crippen LogP contribution is -2.40. The molecule has 0 amide bonds. The predicted octanol–water partition coefficient (Wildman–Crippen LogP) is 2.17. The largest absolute Gasteiger partial charge is 0.300 e. The Morgan fingerprint density at radius 2 is 1.71 bits per heavy atom. The van der Waals surface area contributed by atoms with Crippen LogP contribution < -0.4 is 0 Å². The zero-order valence-electron chi connectivity index (χ0n) is 8.80. The normalized spacial score (nSPS) is 30.0. The molecule has 1 aliphatic carbocycles. The predicted molar refractivity (Wildman–Crippen MR) is 56.9 cm³/mol. The van der Waals surface area contributed by atoms with Crippen LogP contribution in [0.25, 0.3) is 0 Å². The fourth-order valence-electron chi connectivity index (χ4n) is 2.70. The molecule has 1 saturated carbocycles. The van der Waals surface area contributed by atoms with Gasteiger partial charge in [-0.05, 0) is 51.6 Å². The quantitative estimate of drug-likeness (QED) is 0.595. The Bertz CT molecular complexity index is 227. The van der Waals surface area contributed by atoms with Gasteiger partial charge >= 0.3 is 0 Å². The van der Waals surface area contributed by atoms with Gasteiger partial charge < -0.3 is 4.90 Å². The van der Waals surface area contributed by atoms with Crippen molar-refractivity contribution in [1.29, 1.82) is 0 Å². The highest BCUT2D eigenvalue weighted by Crippen LogP contribution is 2.27. The lowest BCUT2D eigenvalue weighted by molar-refractivity contribution is 0.140. The third kappa shape index (κ3) is 2.26. The van der Waals surface area contributed by atoms with E-state index in [-0.39, 0.29) is 0 Å². The van der Waals surface area contributed by atoms with Crippen LogP contribution in [0.2, 0.25) is 0 Å². The third-order valence-electron chi connectivity index (χ3n) is 3.61. The average molecular weight is 193 g/mol. The van der Waals surface area contributed by atoms with E-state index in [9.17, 15) is 4.79 Å². The van der Waals surface area contributed by atoms with Crippen molar-refractivity contribution in [2.75, 3.05) is 13.1 Å². The summed E-state index contributed by atoms with van der Waals surface area (Å²) in [6, 6.07) is 0.757. The molecule has 78 valence electrons. The Labute approximate surface area is 86.0 Å². The number of piperidine rings is 1. The highest BCUT2D eigenvalue weighted by molar-refractivity contribution is 5.52. The van der Waals surface area contributed by atoms with Gasteiger partial charge in [0.1, 0.15) is 5.94 Å². The molecule has 2 aliphatic rings. The first-order valence-electron chi connectivity index (χ1n) is 5.87. The summed E-state index contributed by atoms with van der Waals surface area (Å²) in [4.78, 5) is 13.1. The minimum atomic E-state index is 0.757. The summed E-state index contributed by atoms with van der Waals surface area (Å²) in [5.74, 6) is 2.08. The zero-order chi connectivity index (χ0) is 9.80. The van der Waals surface area contributed by atoms with Gasteiger partial charge in [-0.1, -0.05) is 6.42 Å². The van der Waals surface area contributed by atoms with Crippen molar-refractivity contribution in [3.8, 4) is 0 Å². The van der Waals surface area contributed by atoms with Crippen LogP contribution in [0.4, 0.5) is 0 Å². The maximum Gasteiger partial charge on any atom is 0.123 e. The van der Waals surface area contributed by atoms with Gasteiger partial charge in [0.25, 0.3) is 0 Å². The van der Waals surface area contributed by atoms with Crippen LogP contribution >= 0.6 is 0 Å². The molecule has 14 heavy (non-hydrogen) atoms.